The summed E-state index contributed by atoms with van der Waals surface area (Å²) in [7, 11) is 2.82. The zero-order valence-electron chi connectivity index (χ0n) is 16.2. The van der Waals surface area contributed by atoms with Crippen LogP contribution in [0.1, 0.15) is 34.8 Å². The Labute approximate surface area is 164 Å². The van der Waals surface area contributed by atoms with E-state index >= 15 is 0 Å². The van der Waals surface area contributed by atoms with Gasteiger partial charge in [0.15, 0.2) is 17.3 Å². The second kappa shape index (κ2) is 8.99. The van der Waals surface area contributed by atoms with Crippen molar-refractivity contribution in [2.75, 3.05) is 14.2 Å². The molecular weight excluding hydrogens is 360 g/mol. The highest BCUT2D eigenvalue weighted by Gasteiger charge is 2.22. The Morgan fingerprint density at radius 1 is 1.07 bits per heavy atom. The molecule has 0 bridgehead atoms. The van der Waals surface area contributed by atoms with Crippen LogP contribution >= 0.6 is 0 Å². The maximum atomic E-state index is 12.7. The third-order valence-electron chi connectivity index (χ3n) is 4.22. The molecule has 3 N–H and O–H groups in total. The summed E-state index contributed by atoms with van der Waals surface area (Å²) in [5, 5.41) is 30.2. The van der Waals surface area contributed by atoms with Gasteiger partial charge in [0.1, 0.15) is 22.8 Å². The number of carbonyl (C=O) groups is 1. The molecule has 148 valence electrons. The quantitative estimate of drug-likeness (QED) is 0.358. The Kier molecular flexibility index (Phi) is 6.71. The van der Waals surface area contributed by atoms with E-state index in [0.29, 0.717) is 29.7 Å². The monoisotopic (exact) mass is 384 g/mol. The highest BCUT2D eigenvalue weighted by Crippen LogP contribution is 2.39. The van der Waals surface area contributed by atoms with E-state index in [-0.39, 0.29) is 28.6 Å². The van der Waals surface area contributed by atoms with Gasteiger partial charge in [-0.2, -0.15) is 0 Å². The predicted molar refractivity (Wildman–Crippen MR) is 107 cm³/mol. The van der Waals surface area contributed by atoms with Crippen molar-refractivity contribution in [2.45, 2.75) is 19.8 Å². The fraction of sp³-hybridized carbons (Fsp3) is 0.227. The smallest absolute Gasteiger partial charge is 0.193 e. The minimum Gasteiger partial charge on any atom is -0.507 e. The molecule has 6 nitrogen and oxygen atoms in total. The van der Waals surface area contributed by atoms with Crippen LogP contribution in [0.15, 0.2) is 42.5 Å². The second-order valence-corrected chi connectivity index (χ2v) is 6.39. The van der Waals surface area contributed by atoms with Crippen molar-refractivity contribution < 1.29 is 29.6 Å². The molecule has 0 aliphatic heterocycles. The number of benzene rings is 2. The molecule has 0 spiro atoms. The third-order valence-corrected chi connectivity index (χ3v) is 4.22. The van der Waals surface area contributed by atoms with Crippen LogP contribution in [-0.4, -0.2) is 35.3 Å². The second-order valence-electron chi connectivity index (χ2n) is 6.39. The maximum Gasteiger partial charge on any atom is 0.193 e. The number of rotatable bonds is 8. The summed E-state index contributed by atoms with van der Waals surface area (Å²) in [6.45, 7) is 5.70. The van der Waals surface area contributed by atoms with E-state index in [1.165, 1.54) is 32.4 Å². The lowest BCUT2D eigenvalue weighted by molar-refractivity contribution is 0.104. The molecule has 0 heterocycles. The number of hydrogen-bond donors (Lipinski definition) is 3. The summed E-state index contributed by atoms with van der Waals surface area (Å²) in [5.41, 5.74) is 1.89. The predicted octanol–water partition coefficient (Wildman–Crippen LogP) is 4.23. The van der Waals surface area contributed by atoms with E-state index < -0.39 is 5.78 Å². The topological polar surface area (TPSA) is 96.2 Å². The molecular formula is C22H24O6. The van der Waals surface area contributed by atoms with E-state index in [0.717, 1.165) is 11.6 Å². The summed E-state index contributed by atoms with van der Waals surface area (Å²) in [6.07, 6.45) is 3.78. The normalized spacial score (nSPS) is 10.8. The van der Waals surface area contributed by atoms with E-state index in [4.69, 9.17) is 9.47 Å². The van der Waals surface area contributed by atoms with Crippen molar-refractivity contribution in [3.63, 3.8) is 0 Å². The minimum atomic E-state index is -0.499. The van der Waals surface area contributed by atoms with Gasteiger partial charge in [-0.05, 0) is 43.5 Å². The van der Waals surface area contributed by atoms with Crippen LogP contribution < -0.4 is 9.47 Å². The molecule has 28 heavy (non-hydrogen) atoms. The van der Waals surface area contributed by atoms with Gasteiger partial charge < -0.3 is 24.8 Å². The summed E-state index contributed by atoms with van der Waals surface area (Å²) < 4.78 is 10.3. The molecule has 2 aromatic rings. The highest BCUT2D eigenvalue weighted by molar-refractivity contribution is 6.11. The molecule has 2 rings (SSSR count). The van der Waals surface area contributed by atoms with Gasteiger partial charge in [0.05, 0.1) is 14.2 Å². The molecule has 0 radical (unpaired) electrons. The average molecular weight is 384 g/mol. The largest absolute Gasteiger partial charge is 0.507 e. The lowest BCUT2D eigenvalue weighted by atomic mass is 9.97. The number of phenols is 3. The molecule has 0 aliphatic rings. The van der Waals surface area contributed by atoms with Crippen molar-refractivity contribution in [2.24, 2.45) is 0 Å². The number of methoxy groups -OCH3 is 2. The van der Waals surface area contributed by atoms with Crippen LogP contribution in [0.3, 0.4) is 0 Å². The summed E-state index contributed by atoms with van der Waals surface area (Å²) in [4.78, 5) is 12.7. The van der Waals surface area contributed by atoms with Crippen LogP contribution in [0.25, 0.3) is 6.08 Å². The number of aromatic hydroxyl groups is 3. The van der Waals surface area contributed by atoms with Crippen molar-refractivity contribution in [1.29, 1.82) is 0 Å². The Morgan fingerprint density at radius 3 is 2.36 bits per heavy atom. The van der Waals surface area contributed by atoms with Gasteiger partial charge in [0.25, 0.3) is 0 Å². The standard InChI is InChI=1S/C22H24O6/c1-13(2)5-8-15-17(24)12-19(26)21(22(15)28-4)16(23)9-6-14-7-10-20(27-3)18(25)11-14/h6-7,9-12,24-26H,1,5,8H2,2-4H3/b9-6+. The van der Waals surface area contributed by atoms with E-state index in [9.17, 15) is 20.1 Å². The van der Waals surface area contributed by atoms with E-state index in [1.807, 2.05) is 6.92 Å². The minimum absolute atomic E-state index is 0.0361. The molecule has 0 saturated heterocycles. The number of phenolic OH excluding ortho intramolecular Hbond substituents is 3. The molecule has 6 heteroatoms. The molecule has 0 fully saturated rings. The molecule has 2 aromatic carbocycles. The molecule has 0 unspecified atom stereocenters. The zero-order chi connectivity index (χ0) is 20.8. The lowest BCUT2D eigenvalue weighted by Crippen LogP contribution is -2.04. The fourth-order valence-corrected chi connectivity index (χ4v) is 2.78. The lowest BCUT2D eigenvalue weighted by Gasteiger charge is -2.15. The number of ketones is 1. The Balaban J connectivity index is 2.39. The van der Waals surface area contributed by atoms with Gasteiger partial charge in [-0.1, -0.05) is 17.7 Å². The van der Waals surface area contributed by atoms with Crippen molar-refractivity contribution >= 4 is 11.9 Å². The van der Waals surface area contributed by atoms with Crippen molar-refractivity contribution in [3.05, 3.63) is 59.2 Å². The number of ether oxygens (including phenoxy) is 2. The SMILES string of the molecule is C=C(C)CCc1c(O)cc(O)c(C(=O)/C=C/c2ccc(OC)c(O)c2)c1OC. The first-order chi connectivity index (χ1) is 13.3. The van der Waals surface area contributed by atoms with Gasteiger partial charge >= 0.3 is 0 Å². The van der Waals surface area contributed by atoms with Gasteiger partial charge in [-0.3, -0.25) is 4.79 Å². The van der Waals surface area contributed by atoms with Crippen LogP contribution in [0.2, 0.25) is 0 Å². The summed E-state index contributed by atoms with van der Waals surface area (Å²) in [5.74, 6) is -0.614. The summed E-state index contributed by atoms with van der Waals surface area (Å²) in [6, 6.07) is 5.84. The molecule has 0 amide bonds. The number of hydrogen-bond acceptors (Lipinski definition) is 6. The van der Waals surface area contributed by atoms with Crippen molar-refractivity contribution in [3.8, 4) is 28.7 Å². The molecule has 0 atom stereocenters. The van der Waals surface area contributed by atoms with Gasteiger partial charge in [0.2, 0.25) is 0 Å². The third kappa shape index (κ3) is 4.65. The fourth-order valence-electron chi connectivity index (χ4n) is 2.78. The number of carbonyl (C=O) groups excluding carboxylic acids is 1. The number of allylic oxidation sites excluding steroid dienone is 2. The first-order valence-corrected chi connectivity index (χ1v) is 8.64. The molecule has 0 saturated carbocycles. The first kappa shape index (κ1) is 20.9. The Morgan fingerprint density at radius 2 is 1.79 bits per heavy atom. The van der Waals surface area contributed by atoms with Crippen LogP contribution in [0.4, 0.5) is 0 Å². The highest BCUT2D eigenvalue weighted by atomic mass is 16.5. The van der Waals surface area contributed by atoms with Crippen LogP contribution in [-0.2, 0) is 6.42 Å². The van der Waals surface area contributed by atoms with Crippen molar-refractivity contribution in [1.82, 2.24) is 0 Å². The van der Waals surface area contributed by atoms with E-state index in [1.54, 1.807) is 12.1 Å². The van der Waals surface area contributed by atoms with Gasteiger partial charge in [-0.25, -0.2) is 0 Å². The Bertz CT molecular complexity index is 927. The summed E-state index contributed by atoms with van der Waals surface area (Å²) >= 11 is 0. The van der Waals surface area contributed by atoms with E-state index in [2.05, 4.69) is 6.58 Å². The Hall–Kier alpha value is -3.41. The maximum absolute atomic E-state index is 12.7. The molecule has 0 aromatic heterocycles. The van der Waals surface area contributed by atoms with Crippen LogP contribution in [0, 0.1) is 0 Å². The molecule has 0 aliphatic carbocycles. The van der Waals surface area contributed by atoms with Gasteiger partial charge in [0, 0.05) is 11.6 Å². The average Bonchev–Trinajstić information content (AvgIpc) is 2.64. The first-order valence-electron chi connectivity index (χ1n) is 8.64. The van der Waals surface area contributed by atoms with Crippen LogP contribution in [0.5, 0.6) is 28.7 Å². The van der Waals surface area contributed by atoms with Gasteiger partial charge in [-0.15, -0.1) is 6.58 Å². The zero-order valence-corrected chi connectivity index (χ0v) is 16.2.